The van der Waals surface area contributed by atoms with Crippen LogP contribution in [0, 0.1) is 11.8 Å². The fourth-order valence-corrected chi connectivity index (χ4v) is 1.64. The molecule has 0 fully saturated rings. The zero-order chi connectivity index (χ0) is 15.7. The summed E-state index contributed by atoms with van der Waals surface area (Å²) in [7, 11) is 0. The van der Waals surface area contributed by atoms with E-state index >= 15 is 0 Å². The van der Waals surface area contributed by atoms with Crippen molar-refractivity contribution in [3.05, 3.63) is 29.8 Å². The summed E-state index contributed by atoms with van der Waals surface area (Å²) in [4.78, 5) is 22.8. The standard InChI is InChI=1S/C15H18N2O4/c1-2-3-4-9-16-15(21)17-13(14(19)20)10-11-5-7-12(18)8-6-11/h5-8,13,18H,4,9-10H2,1H3,(H,19,20)(H2,16,17,21)/t13-/m0/s1. The lowest BCUT2D eigenvalue weighted by atomic mass is 10.1. The molecule has 0 bridgehead atoms. The van der Waals surface area contributed by atoms with Crippen LogP contribution in [0.3, 0.4) is 0 Å². The van der Waals surface area contributed by atoms with Crippen LogP contribution in [0.5, 0.6) is 5.75 Å². The predicted molar refractivity (Wildman–Crippen MR) is 77.8 cm³/mol. The van der Waals surface area contributed by atoms with Crippen LogP contribution in [0.25, 0.3) is 0 Å². The van der Waals surface area contributed by atoms with Crippen LogP contribution < -0.4 is 10.6 Å². The van der Waals surface area contributed by atoms with Gasteiger partial charge in [0.25, 0.3) is 0 Å². The fraction of sp³-hybridized carbons (Fsp3) is 0.333. The molecule has 1 atom stereocenters. The van der Waals surface area contributed by atoms with Crippen molar-refractivity contribution in [2.24, 2.45) is 0 Å². The van der Waals surface area contributed by atoms with Gasteiger partial charge in [-0.3, -0.25) is 0 Å². The van der Waals surface area contributed by atoms with E-state index < -0.39 is 18.0 Å². The minimum atomic E-state index is -1.12. The van der Waals surface area contributed by atoms with E-state index in [9.17, 15) is 14.7 Å². The Morgan fingerprint density at radius 3 is 2.52 bits per heavy atom. The van der Waals surface area contributed by atoms with Crippen LogP contribution in [0.2, 0.25) is 0 Å². The molecule has 0 aliphatic carbocycles. The average Bonchev–Trinajstić information content (AvgIpc) is 2.45. The molecule has 0 radical (unpaired) electrons. The molecular formula is C15H18N2O4. The second kappa shape index (κ2) is 8.48. The number of rotatable bonds is 6. The summed E-state index contributed by atoms with van der Waals surface area (Å²) in [5, 5.41) is 23.3. The number of carboxylic acids is 1. The highest BCUT2D eigenvalue weighted by Gasteiger charge is 2.20. The molecule has 2 amide bonds. The molecule has 21 heavy (non-hydrogen) atoms. The Morgan fingerprint density at radius 1 is 1.29 bits per heavy atom. The van der Waals surface area contributed by atoms with Gasteiger partial charge in [-0.2, -0.15) is 0 Å². The molecule has 6 heteroatoms. The van der Waals surface area contributed by atoms with Crippen LogP contribution >= 0.6 is 0 Å². The van der Waals surface area contributed by atoms with Crippen LogP contribution in [0.1, 0.15) is 18.9 Å². The Kier molecular flexibility index (Phi) is 6.61. The van der Waals surface area contributed by atoms with E-state index in [1.54, 1.807) is 19.1 Å². The topological polar surface area (TPSA) is 98.7 Å². The summed E-state index contributed by atoms with van der Waals surface area (Å²) >= 11 is 0. The number of urea groups is 1. The highest BCUT2D eigenvalue weighted by atomic mass is 16.4. The average molecular weight is 290 g/mol. The predicted octanol–water partition coefficient (Wildman–Crippen LogP) is 1.10. The van der Waals surface area contributed by atoms with Crippen molar-refractivity contribution in [1.29, 1.82) is 0 Å². The lowest BCUT2D eigenvalue weighted by Gasteiger charge is -2.15. The monoisotopic (exact) mass is 290 g/mol. The summed E-state index contributed by atoms with van der Waals surface area (Å²) in [5.74, 6) is 4.48. The first-order chi connectivity index (χ1) is 10.0. The van der Waals surface area contributed by atoms with Gasteiger partial charge in [0.15, 0.2) is 0 Å². The van der Waals surface area contributed by atoms with Crippen LogP contribution in [0.4, 0.5) is 4.79 Å². The molecule has 0 heterocycles. The van der Waals surface area contributed by atoms with E-state index in [-0.39, 0.29) is 12.2 Å². The Hall–Kier alpha value is -2.68. The smallest absolute Gasteiger partial charge is 0.326 e. The number of carbonyl (C=O) groups is 2. The summed E-state index contributed by atoms with van der Waals surface area (Å²) in [6.07, 6.45) is 0.650. The van der Waals surface area contributed by atoms with Gasteiger partial charge in [-0.05, 0) is 24.6 Å². The molecular weight excluding hydrogens is 272 g/mol. The first-order valence-electron chi connectivity index (χ1n) is 6.47. The van der Waals surface area contributed by atoms with E-state index in [1.165, 1.54) is 12.1 Å². The number of hydrogen-bond acceptors (Lipinski definition) is 3. The third kappa shape index (κ3) is 6.34. The molecule has 0 aliphatic heterocycles. The quantitative estimate of drug-likeness (QED) is 0.466. The Balaban J connectivity index is 2.52. The normalized spacial score (nSPS) is 10.9. The number of nitrogens with one attached hydrogen (secondary N) is 2. The molecule has 6 nitrogen and oxygen atoms in total. The molecule has 0 aromatic heterocycles. The van der Waals surface area contributed by atoms with Crippen molar-refractivity contribution in [2.45, 2.75) is 25.8 Å². The van der Waals surface area contributed by atoms with Crippen LogP contribution in [-0.4, -0.2) is 34.8 Å². The van der Waals surface area contributed by atoms with E-state index in [0.717, 1.165) is 0 Å². The van der Waals surface area contributed by atoms with Crippen molar-refractivity contribution in [1.82, 2.24) is 10.6 Å². The number of amides is 2. The molecule has 0 aliphatic rings. The maximum absolute atomic E-state index is 11.6. The van der Waals surface area contributed by atoms with Crippen LogP contribution in [-0.2, 0) is 11.2 Å². The Labute approximate surface area is 123 Å². The van der Waals surface area contributed by atoms with E-state index in [2.05, 4.69) is 22.5 Å². The highest BCUT2D eigenvalue weighted by molar-refractivity contribution is 5.82. The van der Waals surface area contributed by atoms with Gasteiger partial charge in [0.05, 0.1) is 0 Å². The number of carboxylic acid groups (broad SMARTS) is 1. The summed E-state index contributed by atoms with van der Waals surface area (Å²) < 4.78 is 0. The molecule has 1 aromatic rings. The van der Waals surface area contributed by atoms with Gasteiger partial charge in [0, 0.05) is 19.4 Å². The second-order valence-electron chi connectivity index (χ2n) is 4.34. The summed E-state index contributed by atoms with van der Waals surface area (Å²) in [6, 6.07) is 4.59. The van der Waals surface area contributed by atoms with Gasteiger partial charge in [0.2, 0.25) is 0 Å². The third-order valence-electron chi connectivity index (χ3n) is 2.69. The van der Waals surface area contributed by atoms with E-state index in [4.69, 9.17) is 5.11 Å². The summed E-state index contributed by atoms with van der Waals surface area (Å²) in [6.45, 7) is 2.07. The van der Waals surface area contributed by atoms with Gasteiger partial charge >= 0.3 is 12.0 Å². The van der Waals surface area contributed by atoms with Gasteiger partial charge in [0.1, 0.15) is 11.8 Å². The number of carbonyl (C=O) groups excluding carboxylic acids is 1. The van der Waals surface area contributed by atoms with E-state index in [0.29, 0.717) is 18.5 Å². The lowest BCUT2D eigenvalue weighted by molar-refractivity contribution is -0.139. The minimum Gasteiger partial charge on any atom is -0.508 e. The van der Waals surface area contributed by atoms with Gasteiger partial charge < -0.3 is 20.8 Å². The Bertz CT molecular complexity index is 543. The number of hydrogen-bond donors (Lipinski definition) is 4. The number of aliphatic carboxylic acids is 1. The molecule has 4 N–H and O–H groups in total. The molecule has 0 unspecified atom stereocenters. The van der Waals surface area contributed by atoms with Crippen molar-refractivity contribution in [3.8, 4) is 17.6 Å². The molecule has 112 valence electrons. The number of phenols is 1. The molecule has 0 spiro atoms. The molecule has 1 aromatic carbocycles. The molecule has 1 rings (SSSR count). The summed E-state index contributed by atoms with van der Waals surface area (Å²) in [5.41, 5.74) is 0.706. The van der Waals surface area contributed by atoms with Gasteiger partial charge in [-0.1, -0.05) is 12.1 Å². The Morgan fingerprint density at radius 2 is 1.95 bits per heavy atom. The third-order valence-corrected chi connectivity index (χ3v) is 2.69. The molecule has 0 saturated heterocycles. The van der Waals surface area contributed by atoms with Gasteiger partial charge in [-0.15, -0.1) is 11.8 Å². The minimum absolute atomic E-state index is 0.105. The number of aromatic hydroxyl groups is 1. The maximum Gasteiger partial charge on any atom is 0.326 e. The first kappa shape index (κ1) is 16.4. The van der Waals surface area contributed by atoms with Gasteiger partial charge in [-0.25, -0.2) is 9.59 Å². The van der Waals surface area contributed by atoms with Crippen molar-refractivity contribution < 1.29 is 19.8 Å². The van der Waals surface area contributed by atoms with Crippen molar-refractivity contribution in [2.75, 3.05) is 6.54 Å². The lowest BCUT2D eigenvalue weighted by Crippen LogP contribution is -2.47. The highest BCUT2D eigenvalue weighted by Crippen LogP contribution is 2.11. The zero-order valence-electron chi connectivity index (χ0n) is 11.7. The zero-order valence-corrected chi connectivity index (χ0v) is 11.7. The van der Waals surface area contributed by atoms with Crippen molar-refractivity contribution >= 4 is 12.0 Å². The molecule has 0 saturated carbocycles. The number of benzene rings is 1. The van der Waals surface area contributed by atoms with E-state index in [1.807, 2.05) is 0 Å². The SMILES string of the molecule is CC#CCCNC(=O)N[C@@H](Cc1ccc(O)cc1)C(=O)O. The van der Waals surface area contributed by atoms with Crippen LogP contribution in [0.15, 0.2) is 24.3 Å². The first-order valence-corrected chi connectivity index (χ1v) is 6.47. The largest absolute Gasteiger partial charge is 0.508 e. The maximum atomic E-state index is 11.6. The van der Waals surface area contributed by atoms with Crippen molar-refractivity contribution in [3.63, 3.8) is 0 Å². The second-order valence-corrected chi connectivity index (χ2v) is 4.34. The fourth-order valence-electron chi connectivity index (χ4n) is 1.64. The number of phenolic OH excluding ortho intramolecular Hbond substituents is 1.